The second kappa shape index (κ2) is 7.19. The fraction of sp³-hybridized carbons (Fsp3) is 0.750. The second-order valence-corrected chi connectivity index (χ2v) is 7.05. The molecule has 8 nitrogen and oxygen atoms in total. The van der Waals surface area contributed by atoms with Gasteiger partial charge in [0.05, 0.1) is 0 Å². The van der Waals surface area contributed by atoms with Crippen LogP contribution in [-0.4, -0.2) is 51.9 Å². The van der Waals surface area contributed by atoms with Crippen LogP contribution in [0.3, 0.4) is 0 Å². The van der Waals surface area contributed by atoms with Crippen LogP contribution in [0.15, 0.2) is 0 Å². The highest BCUT2D eigenvalue weighted by molar-refractivity contribution is 6.09. The number of carboxylic acid groups (broad SMARTS) is 1. The van der Waals surface area contributed by atoms with E-state index < -0.39 is 36.0 Å². The number of imide groups is 1. The molecular formula is C16H25N3O5. The second-order valence-electron chi connectivity index (χ2n) is 7.05. The molecule has 8 heteroatoms. The fourth-order valence-corrected chi connectivity index (χ4v) is 3.39. The lowest BCUT2D eigenvalue weighted by atomic mass is 9.82. The topological polar surface area (TPSA) is 116 Å². The third kappa shape index (κ3) is 3.85. The van der Waals surface area contributed by atoms with Crippen LogP contribution in [0.5, 0.6) is 0 Å². The molecule has 0 radical (unpaired) electrons. The van der Waals surface area contributed by atoms with Crippen LogP contribution < -0.4 is 10.6 Å². The lowest BCUT2D eigenvalue weighted by molar-refractivity contribution is -0.142. The van der Waals surface area contributed by atoms with Crippen molar-refractivity contribution in [2.24, 2.45) is 5.92 Å². The van der Waals surface area contributed by atoms with Gasteiger partial charge in [-0.15, -0.1) is 0 Å². The first-order valence-electron chi connectivity index (χ1n) is 8.41. The van der Waals surface area contributed by atoms with E-state index in [2.05, 4.69) is 10.6 Å². The number of carbonyl (C=O) groups is 4. The van der Waals surface area contributed by atoms with Crippen molar-refractivity contribution >= 4 is 23.8 Å². The largest absolute Gasteiger partial charge is 0.480 e. The first-order chi connectivity index (χ1) is 11.2. The van der Waals surface area contributed by atoms with E-state index in [4.69, 9.17) is 5.11 Å². The minimum atomic E-state index is -1.13. The Hall–Kier alpha value is -2.12. The van der Waals surface area contributed by atoms with Crippen LogP contribution in [0.1, 0.15) is 52.4 Å². The summed E-state index contributed by atoms with van der Waals surface area (Å²) in [5.74, 6) is -2.05. The van der Waals surface area contributed by atoms with Gasteiger partial charge in [0.2, 0.25) is 5.91 Å². The third-order valence-corrected chi connectivity index (χ3v) is 4.60. The lowest BCUT2D eigenvalue weighted by Crippen LogP contribution is -2.50. The Kier molecular flexibility index (Phi) is 5.46. The van der Waals surface area contributed by atoms with Gasteiger partial charge in [0.15, 0.2) is 0 Å². The van der Waals surface area contributed by atoms with E-state index in [1.807, 2.05) is 13.8 Å². The molecule has 1 saturated heterocycles. The summed E-state index contributed by atoms with van der Waals surface area (Å²) in [5, 5.41) is 14.3. The number of nitrogens with one attached hydrogen (secondary N) is 2. The number of nitrogens with zero attached hydrogens (tertiary/aromatic N) is 1. The molecule has 1 atom stereocenters. The van der Waals surface area contributed by atoms with Crippen LogP contribution in [0.4, 0.5) is 4.79 Å². The Morgan fingerprint density at radius 2 is 1.88 bits per heavy atom. The number of carboxylic acids is 1. The lowest BCUT2D eigenvalue weighted by Gasteiger charge is -2.30. The van der Waals surface area contributed by atoms with Gasteiger partial charge >= 0.3 is 12.0 Å². The molecular weight excluding hydrogens is 314 g/mol. The summed E-state index contributed by atoms with van der Waals surface area (Å²) in [5.41, 5.74) is -0.875. The van der Waals surface area contributed by atoms with Gasteiger partial charge in [0, 0.05) is 0 Å². The predicted molar refractivity (Wildman–Crippen MR) is 85.1 cm³/mol. The molecule has 134 valence electrons. The van der Waals surface area contributed by atoms with Crippen molar-refractivity contribution in [3.8, 4) is 0 Å². The molecule has 1 spiro atoms. The van der Waals surface area contributed by atoms with E-state index in [0.29, 0.717) is 12.8 Å². The normalized spacial score (nSPS) is 21.0. The average Bonchev–Trinajstić information content (AvgIpc) is 2.71. The maximum atomic E-state index is 12.6. The monoisotopic (exact) mass is 339 g/mol. The van der Waals surface area contributed by atoms with Crippen molar-refractivity contribution in [2.75, 3.05) is 6.54 Å². The van der Waals surface area contributed by atoms with Crippen LogP contribution in [0, 0.1) is 5.92 Å². The van der Waals surface area contributed by atoms with Gasteiger partial charge in [0.1, 0.15) is 18.1 Å². The van der Waals surface area contributed by atoms with Gasteiger partial charge < -0.3 is 15.7 Å². The highest BCUT2D eigenvalue weighted by Gasteiger charge is 2.51. The number of rotatable bonds is 6. The van der Waals surface area contributed by atoms with Crippen molar-refractivity contribution < 1.29 is 24.3 Å². The molecule has 4 amide bonds. The summed E-state index contributed by atoms with van der Waals surface area (Å²) in [4.78, 5) is 48.9. The molecule has 1 saturated carbocycles. The first-order valence-corrected chi connectivity index (χ1v) is 8.41. The number of hydrogen-bond donors (Lipinski definition) is 3. The summed E-state index contributed by atoms with van der Waals surface area (Å²) in [6, 6.07) is -1.60. The third-order valence-electron chi connectivity index (χ3n) is 4.60. The number of carbonyl (C=O) groups excluding carboxylic acids is 3. The number of amides is 4. The molecule has 2 fully saturated rings. The van der Waals surface area contributed by atoms with Gasteiger partial charge in [-0.1, -0.05) is 33.1 Å². The Morgan fingerprint density at radius 1 is 1.25 bits per heavy atom. The van der Waals surface area contributed by atoms with E-state index >= 15 is 0 Å². The molecule has 1 aliphatic heterocycles. The van der Waals surface area contributed by atoms with Gasteiger partial charge in [-0.05, 0) is 25.2 Å². The van der Waals surface area contributed by atoms with Crippen molar-refractivity contribution in [3.05, 3.63) is 0 Å². The zero-order chi connectivity index (χ0) is 17.9. The van der Waals surface area contributed by atoms with E-state index in [0.717, 1.165) is 24.2 Å². The summed E-state index contributed by atoms with van der Waals surface area (Å²) in [7, 11) is 0. The number of aliphatic carboxylic acids is 1. The van der Waals surface area contributed by atoms with E-state index in [9.17, 15) is 19.2 Å². The average molecular weight is 339 g/mol. The van der Waals surface area contributed by atoms with Crippen molar-refractivity contribution in [3.63, 3.8) is 0 Å². The van der Waals surface area contributed by atoms with Crippen LogP contribution >= 0.6 is 0 Å². The predicted octanol–water partition coefficient (Wildman–Crippen LogP) is 0.857. The fourth-order valence-electron chi connectivity index (χ4n) is 3.39. The summed E-state index contributed by atoms with van der Waals surface area (Å²) >= 11 is 0. The number of hydrogen-bond acceptors (Lipinski definition) is 4. The quantitative estimate of drug-likeness (QED) is 0.621. The maximum Gasteiger partial charge on any atom is 0.326 e. The molecule has 3 N–H and O–H groups in total. The molecule has 24 heavy (non-hydrogen) atoms. The molecule has 0 bridgehead atoms. The Bertz CT molecular complexity index is 540. The van der Waals surface area contributed by atoms with E-state index in [1.54, 1.807) is 0 Å². The molecule has 2 aliphatic rings. The first kappa shape index (κ1) is 18.2. The van der Waals surface area contributed by atoms with Gasteiger partial charge in [-0.25, -0.2) is 9.59 Å². The zero-order valence-corrected chi connectivity index (χ0v) is 14.1. The van der Waals surface area contributed by atoms with E-state index in [-0.39, 0.29) is 18.2 Å². The SMILES string of the molecule is CC(C)CC(NC(=O)CN1C(=O)NC2(CCCCC2)C1=O)C(=O)O. The smallest absolute Gasteiger partial charge is 0.326 e. The van der Waals surface area contributed by atoms with Crippen molar-refractivity contribution in [2.45, 2.75) is 64.0 Å². The highest BCUT2D eigenvalue weighted by Crippen LogP contribution is 2.33. The number of urea groups is 1. The minimum absolute atomic E-state index is 0.0913. The molecule has 0 aromatic carbocycles. The van der Waals surface area contributed by atoms with Gasteiger partial charge in [0.25, 0.3) is 5.91 Å². The van der Waals surface area contributed by atoms with Crippen LogP contribution in [-0.2, 0) is 14.4 Å². The Morgan fingerprint density at radius 3 is 2.42 bits per heavy atom. The van der Waals surface area contributed by atoms with Gasteiger partial charge in [-0.3, -0.25) is 14.5 Å². The Balaban J connectivity index is 1.99. The zero-order valence-electron chi connectivity index (χ0n) is 14.1. The van der Waals surface area contributed by atoms with Crippen LogP contribution in [0.2, 0.25) is 0 Å². The summed E-state index contributed by atoms with van der Waals surface area (Å²) < 4.78 is 0. The minimum Gasteiger partial charge on any atom is -0.480 e. The molecule has 0 aromatic rings. The van der Waals surface area contributed by atoms with Gasteiger partial charge in [-0.2, -0.15) is 0 Å². The van der Waals surface area contributed by atoms with E-state index in [1.165, 1.54) is 0 Å². The highest BCUT2D eigenvalue weighted by atomic mass is 16.4. The van der Waals surface area contributed by atoms with Crippen molar-refractivity contribution in [1.82, 2.24) is 15.5 Å². The van der Waals surface area contributed by atoms with Crippen LogP contribution in [0.25, 0.3) is 0 Å². The standard InChI is InChI=1S/C16H25N3O5/c1-10(2)8-11(13(21)22)17-12(20)9-19-14(23)16(18-15(19)24)6-4-3-5-7-16/h10-11H,3-9H2,1-2H3,(H,17,20)(H,18,24)(H,21,22). The molecule has 0 aromatic heterocycles. The summed E-state index contributed by atoms with van der Waals surface area (Å²) in [6.07, 6.45) is 4.21. The molecule has 1 aliphatic carbocycles. The molecule has 1 heterocycles. The molecule has 1 unspecified atom stereocenters. The van der Waals surface area contributed by atoms with Crippen molar-refractivity contribution in [1.29, 1.82) is 0 Å². The molecule has 2 rings (SSSR count). The summed E-state index contributed by atoms with van der Waals surface area (Å²) in [6.45, 7) is 3.26. The maximum absolute atomic E-state index is 12.6. The Labute approximate surface area is 141 Å².